The fourth-order valence-electron chi connectivity index (χ4n) is 1.66. The summed E-state index contributed by atoms with van der Waals surface area (Å²) in [4.78, 5) is 6.21. The van der Waals surface area contributed by atoms with Crippen molar-refractivity contribution in [1.29, 1.82) is 5.26 Å². The molecular weight excluding hydrogens is 229 g/mol. The summed E-state index contributed by atoms with van der Waals surface area (Å²) >= 11 is 0. The lowest BCUT2D eigenvalue weighted by Gasteiger charge is -2.14. The first-order valence-corrected chi connectivity index (χ1v) is 5.46. The second-order valence-corrected chi connectivity index (χ2v) is 4.08. The molecule has 1 aromatic heterocycles. The Hall–Kier alpha value is -2.41. The third-order valence-corrected chi connectivity index (χ3v) is 2.56. The van der Waals surface area contributed by atoms with Gasteiger partial charge in [-0.1, -0.05) is 0 Å². The van der Waals surface area contributed by atoms with Gasteiger partial charge in [-0.3, -0.25) is 0 Å². The van der Waals surface area contributed by atoms with Crippen molar-refractivity contribution in [2.45, 2.75) is 0 Å². The number of hydrogen-bond donors (Lipinski definition) is 0. The fourth-order valence-corrected chi connectivity index (χ4v) is 1.66. The van der Waals surface area contributed by atoms with E-state index in [4.69, 9.17) is 5.26 Å². The molecule has 0 atom stereocenters. The maximum absolute atomic E-state index is 12.9. The highest BCUT2D eigenvalue weighted by Gasteiger charge is 2.08. The Kier molecular flexibility index (Phi) is 3.24. The molecule has 2 aromatic rings. The molecule has 0 fully saturated rings. The van der Waals surface area contributed by atoms with E-state index >= 15 is 0 Å². The molecule has 90 valence electrons. The third kappa shape index (κ3) is 2.30. The number of aromatic nitrogens is 1. The predicted molar refractivity (Wildman–Crippen MR) is 68.7 cm³/mol. The summed E-state index contributed by atoms with van der Waals surface area (Å²) in [5.41, 5.74) is 2.06. The van der Waals surface area contributed by atoms with E-state index in [-0.39, 0.29) is 5.82 Å². The second-order valence-electron chi connectivity index (χ2n) is 4.08. The molecule has 0 saturated heterocycles. The summed E-state index contributed by atoms with van der Waals surface area (Å²) in [6.07, 6.45) is 0. The summed E-state index contributed by atoms with van der Waals surface area (Å²) in [5, 5.41) is 9.00. The van der Waals surface area contributed by atoms with E-state index < -0.39 is 0 Å². The topological polar surface area (TPSA) is 39.9 Å². The van der Waals surface area contributed by atoms with Crippen LogP contribution in [-0.2, 0) is 0 Å². The average molecular weight is 241 g/mol. The molecule has 0 saturated carbocycles. The van der Waals surface area contributed by atoms with E-state index in [2.05, 4.69) is 11.1 Å². The molecule has 0 spiro atoms. The smallest absolute Gasteiger partial charge is 0.146 e. The fraction of sp³-hybridized carbons (Fsp3) is 0.143. The van der Waals surface area contributed by atoms with Gasteiger partial charge in [-0.05, 0) is 36.4 Å². The highest BCUT2D eigenvalue weighted by atomic mass is 19.1. The molecule has 0 unspecified atom stereocenters. The average Bonchev–Trinajstić information content (AvgIpc) is 2.39. The largest absolute Gasteiger partial charge is 0.362 e. The van der Waals surface area contributed by atoms with E-state index in [0.29, 0.717) is 11.4 Å². The van der Waals surface area contributed by atoms with Crippen molar-refractivity contribution in [3.05, 3.63) is 47.8 Å². The van der Waals surface area contributed by atoms with Crippen LogP contribution in [0, 0.1) is 17.1 Å². The van der Waals surface area contributed by atoms with Gasteiger partial charge in [0.25, 0.3) is 0 Å². The minimum Gasteiger partial charge on any atom is -0.362 e. The Balaban J connectivity index is 2.50. The molecule has 0 N–H and O–H groups in total. The summed E-state index contributed by atoms with van der Waals surface area (Å²) < 4.78 is 12.9. The first-order valence-electron chi connectivity index (χ1n) is 5.46. The van der Waals surface area contributed by atoms with Crippen LogP contribution in [0.15, 0.2) is 36.4 Å². The highest BCUT2D eigenvalue weighted by Crippen LogP contribution is 2.23. The Labute approximate surface area is 105 Å². The summed E-state index contributed by atoms with van der Waals surface area (Å²) in [6, 6.07) is 11.7. The van der Waals surface area contributed by atoms with Crippen LogP contribution in [0.25, 0.3) is 11.3 Å². The van der Waals surface area contributed by atoms with Crippen molar-refractivity contribution < 1.29 is 4.39 Å². The lowest BCUT2D eigenvalue weighted by Crippen LogP contribution is -2.12. The Bertz CT molecular complexity index is 597. The molecular formula is C14H12FN3. The van der Waals surface area contributed by atoms with Gasteiger partial charge in [0.2, 0.25) is 0 Å². The standard InChI is InChI=1S/C14H12FN3/c1-18(2)14-11(9-16)5-8-13(17-14)10-3-6-12(15)7-4-10/h3-8H,1-2H3. The minimum absolute atomic E-state index is 0.278. The van der Waals surface area contributed by atoms with Crippen molar-refractivity contribution >= 4 is 5.82 Å². The number of benzene rings is 1. The number of pyridine rings is 1. The molecule has 0 aliphatic rings. The summed E-state index contributed by atoms with van der Waals surface area (Å²) in [7, 11) is 3.66. The molecule has 0 aliphatic heterocycles. The molecule has 2 rings (SSSR count). The van der Waals surface area contributed by atoms with Gasteiger partial charge in [-0.15, -0.1) is 0 Å². The van der Waals surface area contributed by atoms with Gasteiger partial charge in [0.15, 0.2) is 0 Å². The molecule has 1 aromatic carbocycles. The number of rotatable bonds is 2. The van der Waals surface area contributed by atoms with E-state index in [0.717, 1.165) is 11.3 Å². The van der Waals surface area contributed by atoms with Crippen LogP contribution >= 0.6 is 0 Å². The van der Waals surface area contributed by atoms with Crippen molar-refractivity contribution in [1.82, 2.24) is 4.98 Å². The number of halogens is 1. The van der Waals surface area contributed by atoms with Crippen LogP contribution < -0.4 is 4.90 Å². The molecule has 18 heavy (non-hydrogen) atoms. The zero-order valence-electron chi connectivity index (χ0n) is 10.2. The predicted octanol–water partition coefficient (Wildman–Crippen LogP) is 2.83. The minimum atomic E-state index is -0.278. The Morgan fingerprint density at radius 3 is 2.33 bits per heavy atom. The zero-order valence-corrected chi connectivity index (χ0v) is 10.2. The molecule has 0 radical (unpaired) electrons. The summed E-state index contributed by atoms with van der Waals surface area (Å²) in [6.45, 7) is 0. The van der Waals surface area contributed by atoms with Crippen molar-refractivity contribution in [3.8, 4) is 17.3 Å². The monoisotopic (exact) mass is 241 g/mol. The molecule has 0 amide bonds. The van der Waals surface area contributed by atoms with Gasteiger partial charge in [-0.2, -0.15) is 5.26 Å². The first kappa shape index (κ1) is 12.1. The van der Waals surface area contributed by atoms with Crippen LogP contribution in [0.3, 0.4) is 0 Å². The Morgan fingerprint density at radius 1 is 1.11 bits per heavy atom. The quantitative estimate of drug-likeness (QED) is 0.811. The molecule has 4 heteroatoms. The van der Waals surface area contributed by atoms with Crippen LogP contribution in [0.5, 0.6) is 0 Å². The van der Waals surface area contributed by atoms with E-state index in [1.54, 1.807) is 29.2 Å². The Morgan fingerprint density at radius 2 is 1.78 bits per heavy atom. The summed E-state index contributed by atoms with van der Waals surface area (Å²) in [5.74, 6) is 0.333. The molecule has 0 aliphatic carbocycles. The molecule has 1 heterocycles. The van der Waals surface area contributed by atoms with Gasteiger partial charge in [0.05, 0.1) is 11.3 Å². The lowest BCUT2D eigenvalue weighted by molar-refractivity contribution is 0.628. The van der Waals surface area contributed by atoms with Gasteiger partial charge in [-0.25, -0.2) is 9.37 Å². The normalized spacial score (nSPS) is 9.89. The lowest BCUT2D eigenvalue weighted by atomic mass is 10.1. The number of anilines is 1. The van der Waals surface area contributed by atoms with Crippen LogP contribution in [0.1, 0.15) is 5.56 Å². The maximum Gasteiger partial charge on any atom is 0.146 e. The van der Waals surface area contributed by atoms with Crippen LogP contribution in [0.4, 0.5) is 10.2 Å². The van der Waals surface area contributed by atoms with Crippen molar-refractivity contribution in [2.75, 3.05) is 19.0 Å². The number of nitriles is 1. The molecule has 3 nitrogen and oxygen atoms in total. The van der Waals surface area contributed by atoms with E-state index in [1.165, 1.54) is 12.1 Å². The van der Waals surface area contributed by atoms with Gasteiger partial charge in [0.1, 0.15) is 17.7 Å². The van der Waals surface area contributed by atoms with E-state index in [1.807, 2.05) is 14.1 Å². The van der Waals surface area contributed by atoms with Crippen molar-refractivity contribution in [2.24, 2.45) is 0 Å². The number of nitrogens with zero attached hydrogens (tertiary/aromatic N) is 3. The van der Waals surface area contributed by atoms with Crippen molar-refractivity contribution in [3.63, 3.8) is 0 Å². The van der Waals surface area contributed by atoms with Crippen LogP contribution in [0.2, 0.25) is 0 Å². The number of hydrogen-bond acceptors (Lipinski definition) is 3. The third-order valence-electron chi connectivity index (χ3n) is 2.56. The maximum atomic E-state index is 12.9. The van der Waals surface area contributed by atoms with E-state index in [9.17, 15) is 4.39 Å². The second kappa shape index (κ2) is 4.84. The van der Waals surface area contributed by atoms with Gasteiger partial charge >= 0.3 is 0 Å². The molecule has 0 bridgehead atoms. The zero-order chi connectivity index (χ0) is 13.1. The van der Waals surface area contributed by atoms with Crippen LogP contribution in [-0.4, -0.2) is 19.1 Å². The van der Waals surface area contributed by atoms with Gasteiger partial charge in [0, 0.05) is 19.7 Å². The first-order chi connectivity index (χ1) is 8.61. The SMILES string of the molecule is CN(C)c1nc(-c2ccc(F)cc2)ccc1C#N. The van der Waals surface area contributed by atoms with Gasteiger partial charge < -0.3 is 4.90 Å². The highest BCUT2D eigenvalue weighted by molar-refractivity contribution is 5.65.